The molecule has 2 rings (SSSR count). The first-order chi connectivity index (χ1) is 10.2. The zero-order valence-corrected chi connectivity index (χ0v) is 13.3. The fourth-order valence-electron chi connectivity index (χ4n) is 2.38. The quantitative estimate of drug-likeness (QED) is 0.787. The second kappa shape index (κ2) is 8.10. The first-order valence-corrected chi connectivity index (χ1v) is 8.35. The van der Waals surface area contributed by atoms with Crippen molar-refractivity contribution in [2.45, 2.75) is 39.2 Å². The van der Waals surface area contributed by atoms with E-state index >= 15 is 0 Å². The number of para-hydroxylation sites is 1. The Morgan fingerprint density at radius 2 is 2.19 bits per heavy atom. The molecule has 3 N–H and O–H groups in total. The van der Waals surface area contributed by atoms with Crippen LogP contribution in [0.25, 0.3) is 10.2 Å². The van der Waals surface area contributed by atoms with Crippen molar-refractivity contribution < 1.29 is 4.79 Å². The summed E-state index contributed by atoms with van der Waals surface area (Å²) in [7, 11) is 0. The van der Waals surface area contributed by atoms with Crippen molar-refractivity contribution in [1.82, 2.24) is 10.3 Å². The lowest BCUT2D eigenvalue weighted by Crippen LogP contribution is -2.23. The van der Waals surface area contributed by atoms with Gasteiger partial charge in [0.15, 0.2) is 0 Å². The average Bonchev–Trinajstić information content (AvgIpc) is 2.92. The number of benzene rings is 1. The van der Waals surface area contributed by atoms with Gasteiger partial charge in [-0.15, -0.1) is 11.3 Å². The summed E-state index contributed by atoms with van der Waals surface area (Å²) in [5.41, 5.74) is 6.58. The van der Waals surface area contributed by atoms with Crippen molar-refractivity contribution in [3.63, 3.8) is 0 Å². The van der Waals surface area contributed by atoms with Gasteiger partial charge in [0.05, 0.1) is 16.8 Å². The molecule has 0 aliphatic heterocycles. The highest BCUT2D eigenvalue weighted by atomic mass is 32.1. The molecule has 5 heteroatoms. The van der Waals surface area contributed by atoms with Gasteiger partial charge in [0.2, 0.25) is 5.91 Å². The Morgan fingerprint density at radius 3 is 2.90 bits per heavy atom. The van der Waals surface area contributed by atoms with E-state index in [0.29, 0.717) is 25.4 Å². The molecule has 21 heavy (non-hydrogen) atoms. The maximum Gasteiger partial charge on any atom is 0.220 e. The SMILES string of the molecule is CCC(CCN)CCC(=O)NCc1nc2ccccc2s1. The van der Waals surface area contributed by atoms with Gasteiger partial charge in [0, 0.05) is 6.42 Å². The largest absolute Gasteiger partial charge is 0.350 e. The minimum atomic E-state index is 0.102. The molecule has 1 atom stereocenters. The molecule has 114 valence electrons. The summed E-state index contributed by atoms with van der Waals surface area (Å²) in [6.07, 6.45) is 3.58. The summed E-state index contributed by atoms with van der Waals surface area (Å²) >= 11 is 1.63. The lowest BCUT2D eigenvalue weighted by atomic mass is 9.96. The lowest BCUT2D eigenvalue weighted by molar-refractivity contribution is -0.121. The van der Waals surface area contributed by atoms with Crippen LogP contribution in [-0.4, -0.2) is 17.4 Å². The summed E-state index contributed by atoms with van der Waals surface area (Å²) in [4.78, 5) is 16.4. The maximum atomic E-state index is 11.9. The Bertz CT molecular complexity index is 549. The minimum Gasteiger partial charge on any atom is -0.350 e. The molecule has 0 bridgehead atoms. The first-order valence-electron chi connectivity index (χ1n) is 7.54. The zero-order chi connectivity index (χ0) is 15.1. The third kappa shape index (κ3) is 4.79. The monoisotopic (exact) mass is 305 g/mol. The number of nitrogens with one attached hydrogen (secondary N) is 1. The number of aromatic nitrogens is 1. The van der Waals surface area contributed by atoms with Crippen LogP contribution < -0.4 is 11.1 Å². The van der Waals surface area contributed by atoms with Crippen LogP contribution in [0.4, 0.5) is 0 Å². The van der Waals surface area contributed by atoms with E-state index in [0.717, 1.165) is 34.5 Å². The summed E-state index contributed by atoms with van der Waals surface area (Å²) in [6, 6.07) is 8.03. The van der Waals surface area contributed by atoms with Crippen molar-refractivity contribution in [3.8, 4) is 0 Å². The Labute approximate surface area is 129 Å². The van der Waals surface area contributed by atoms with Crippen LogP contribution in [0.15, 0.2) is 24.3 Å². The standard InChI is InChI=1S/C16H23N3OS/c1-2-12(9-10-17)7-8-15(20)18-11-16-19-13-5-3-4-6-14(13)21-16/h3-6,12H,2,7-11,17H2,1H3,(H,18,20). The topological polar surface area (TPSA) is 68.0 Å². The molecule has 1 heterocycles. The molecule has 0 saturated heterocycles. The van der Waals surface area contributed by atoms with E-state index < -0.39 is 0 Å². The molecule has 1 aromatic heterocycles. The Balaban J connectivity index is 1.78. The van der Waals surface area contributed by atoms with Gasteiger partial charge in [-0.25, -0.2) is 4.98 Å². The van der Waals surface area contributed by atoms with Crippen molar-refractivity contribution in [1.29, 1.82) is 0 Å². The van der Waals surface area contributed by atoms with E-state index in [-0.39, 0.29) is 5.91 Å². The van der Waals surface area contributed by atoms with Gasteiger partial charge in [-0.2, -0.15) is 0 Å². The molecule has 0 spiro atoms. The van der Waals surface area contributed by atoms with Crippen molar-refractivity contribution >= 4 is 27.5 Å². The third-order valence-corrected chi connectivity index (χ3v) is 4.74. The van der Waals surface area contributed by atoms with Gasteiger partial charge < -0.3 is 11.1 Å². The van der Waals surface area contributed by atoms with E-state index in [2.05, 4.69) is 23.3 Å². The molecule has 0 fully saturated rings. The number of thiazole rings is 1. The zero-order valence-electron chi connectivity index (χ0n) is 12.5. The number of amides is 1. The molecule has 1 aromatic carbocycles. The van der Waals surface area contributed by atoms with Crippen LogP contribution in [0.1, 0.15) is 37.6 Å². The fourth-order valence-corrected chi connectivity index (χ4v) is 3.29. The van der Waals surface area contributed by atoms with Crippen LogP contribution in [0.2, 0.25) is 0 Å². The summed E-state index contributed by atoms with van der Waals surface area (Å²) in [5.74, 6) is 0.660. The van der Waals surface area contributed by atoms with Crippen molar-refractivity contribution in [2.24, 2.45) is 11.7 Å². The number of fused-ring (bicyclic) bond motifs is 1. The number of hydrogen-bond acceptors (Lipinski definition) is 4. The normalized spacial score (nSPS) is 12.5. The Morgan fingerprint density at radius 1 is 1.38 bits per heavy atom. The average molecular weight is 305 g/mol. The summed E-state index contributed by atoms with van der Waals surface area (Å²) < 4.78 is 1.16. The number of carbonyl (C=O) groups is 1. The second-order valence-corrected chi connectivity index (χ2v) is 6.36. The van der Waals surface area contributed by atoms with Crippen LogP contribution in [0.5, 0.6) is 0 Å². The number of nitrogens with two attached hydrogens (primary N) is 1. The first kappa shape index (κ1) is 15.9. The third-order valence-electron chi connectivity index (χ3n) is 3.71. The van der Waals surface area contributed by atoms with Gasteiger partial charge >= 0.3 is 0 Å². The fraction of sp³-hybridized carbons (Fsp3) is 0.500. The molecule has 0 saturated carbocycles. The van der Waals surface area contributed by atoms with Gasteiger partial charge in [-0.05, 0) is 37.4 Å². The van der Waals surface area contributed by atoms with Crippen LogP contribution in [-0.2, 0) is 11.3 Å². The second-order valence-electron chi connectivity index (χ2n) is 5.24. The Hall–Kier alpha value is -1.46. The van der Waals surface area contributed by atoms with E-state index in [4.69, 9.17) is 5.73 Å². The van der Waals surface area contributed by atoms with E-state index in [9.17, 15) is 4.79 Å². The van der Waals surface area contributed by atoms with Crippen LogP contribution >= 0.6 is 11.3 Å². The maximum absolute atomic E-state index is 11.9. The van der Waals surface area contributed by atoms with Crippen LogP contribution in [0.3, 0.4) is 0 Å². The number of nitrogens with zero attached hydrogens (tertiary/aromatic N) is 1. The lowest BCUT2D eigenvalue weighted by Gasteiger charge is -2.12. The molecule has 2 aromatic rings. The molecule has 0 aliphatic rings. The van der Waals surface area contributed by atoms with Crippen molar-refractivity contribution in [2.75, 3.05) is 6.54 Å². The van der Waals surface area contributed by atoms with Gasteiger partial charge in [-0.1, -0.05) is 25.5 Å². The molecular formula is C16H23N3OS. The highest BCUT2D eigenvalue weighted by Crippen LogP contribution is 2.21. The van der Waals surface area contributed by atoms with E-state index in [1.54, 1.807) is 11.3 Å². The van der Waals surface area contributed by atoms with Crippen LogP contribution in [0, 0.1) is 5.92 Å². The molecular weight excluding hydrogens is 282 g/mol. The van der Waals surface area contributed by atoms with Gasteiger partial charge in [0.1, 0.15) is 5.01 Å². The minimum absolute atomic E-state index is 0.102. The highest BCUT2D eigenvalue weighted by molar-refractivity contribution is 7.18. The molecule has 1 unspecified atom stereocenters. The van der Waals surface area contributed by atoms with Gasteiger partial charge in [0.25, 0.3) is 0 Å². The number of carbonyl (C=O) groups excluding carboxylic acids is 1. The molecule has 0 aliphatic carbocycles. The van der Waals surface area contributed by atoms with Gasteiger partial charge in [-0.3, -0.25) is 4.79 Å². The van der Waals surface area contributed by atoms with E-state index in [1.807, 2.05) is 18.2 Å². The Kier molecular flexibility index (Phi) is 6.14. The summed E-state index contributed by atoms with van der Waals surface area (Å²) in [6.45, 7) is 3.37. The molecule has 0 radical (unpaired) electrons. The predicted octanol–water partition coefficient (Wildman–Crippen LogP) is 3.07. The number of rotatable bonds is 8. The predicted molar refractivity (Wildman–Crippen MR) is 88.2 cm³/mol. The van der Waals surface area contributed by atoms with Crippen molar-refractivity contribution in [3.05, 3.63) is 29.3 Å². The summed E-state index contributed by atoms with van der Waals surface area (Å²) in [5, 5.41) is 3.92. The molecule has 4 nitrogen and oxygen atoms in total. The molecule has 1 amide bonds. The highest BCUT2D eigenvalue weighted by Gasteiger charge is 2.10. The van der Waals surface area contributed by atoms with E-state index in [1.165, 1.54) is 0 Å². The smallest absolute Gasteiger partial charge is 0.220 e. The number of hydrogen-bond donors (Lipinski definition) is 2.